The van der Waals surface area contributed by atoms with Gasteiger partial charge in [0.2, 0.25) is 0 Å². The molecule has 0 bridgehead atoms. The molecule has 1 saturated carbocycles. The summed E-state index contributed by atoms with van der Waals surface area (Å²) in [5.74, 6) is -5.75. The molecular formula is C28H27F7. The molecule has 0 aliphatic heterocycles. The molecule has 0 unspecified atom stereocenters. The molecule has 3 aromatic carbocycles. The number of halogens is 7. The number of hydrogen-bond acceptors (Lipinski definition) is 0. The fraction of sp³-hybridized carbons (Fsp3) is 0.429. The van der Waals surface area contributed by atoms with Gasteiger partial charge in [0.1, 0.15) is 17.2 Å². The van der Waals surface area contributed by atoms with E-state index in [4.69, 9.17) is 0 Å². The van der Waals surface area contributed by atoms with Gasteiger partial charge in [0.05, 0.1) is 0 Å². The van der Waals surface area contributed by atoms with Crippen LogP contribution in [0.2, 0.25) is 0 Å². The summed E-state index contributed by atoms with van der Waals surface area (Å²) in [5.41, 5.74) is -2.70. The summed E-state index contributed by atoms with van der Waals surface area (Å²) in [4.78, 5) is 0. The summed E-state index contributed by atoms with van der Waals surface area (Å²) in [6.07, 6.45) is 3.97. The Morgan fingerprint density at radius 3 is 2.03 bits per heavy atom. The lowest BCUT2D eigenvalue weighted by Crippen LogP contribution is -2.15. The van der Waals surface area contributed by atoms with Crippen LogP contribution in [0.25, 0.3) is 21.9 Å². The summed E-state index contributed by atoms with van der Waals surface area (Å²) < 4.78 is 96.3. The van der Waals surface area contributed by atoms with Crippen LogP contribution in [-0.4, -0.2) is 0 Å². The van der Waals surface area contributed by atoms with Crippen LogP contribution in [0, 0.1) is 35.1 Å². The fourth-order valence-electron chi connectivity index (χ4n) is 5.34. The summed E-state index contributed by atoms with van der Waals surface area (Å²) in [7, 11) is 0. The Morgan fingerprint density at radius 1 is 0.743 bits per heavy atom. The van der Waals surface area contributed by atoms with Crippen molar-refractivity contribution in [2.24, 2.45) is 11.8 Å². The first-order valence-corrected chi connectivity index (χ1v) is 12.1. The van der Waals surface area contributed by atoms with E-state index >= 15 is 4.39 Å². The van der Waals surface area contributed by atoms with Crippen molar-refractivity contribution in [2.75, 3.05) is 0 Å². The SMILES string of the molecule is CCCC1CCC(CCc2ccc3c(F)c(-c4cc(F)c(C(F)(F)F)c(F)c4F)ccc3c2)CC1. The lowest BCUT2D eigenvalue weighted by atomic mass is 9.78. The number of benzene rings is 3. The van der Waals surface area contributed by atoms with Gasteiger partial charge in [-0.3, -0.25) is 0 Å². The highest BCUT2D eigenvalue weighted by molar-refractivity contribution is 5.89. The quantitative estimate of drug-likeness (QED) is 0.235. The Bertz CT molecular complexity index is 1200. The van der Waals surface area contributed by atoms with Crippen LogP contribution in [0.15, 0.2) is 36.4 Å². The predicted octanol–water partition coefficient (Wildman–Crippen LogP) is 9.62. The minimum atomic E-state index is -5.42. The minimum Gasteiger partial charge on any atom is -0.206 e. The van der Waals surface area contributed by atoms with Gasteiger partial charge in [0.15, 0.2) is 11.6 Å². The van der Waals surface area contributed by atoms with Gasteiger partial charge in [-0.05, 0) is 41.7 Å². The second kappa shape index (κ2) is 10.2. The maximum atomic E-state index is 15.2. The van der Waals surface area contributed by atoms with Crippen molar-refractivity contribution >= 4 is 10.8 Å². The van der Waals surface area contributed by atoms with Crippen molar-refractivity contribution in [1.82, 2.24) is 0 Å². The van der Waals surface area contributed by atoms with Gasteiger partial charge in [-0.15, -0.1) is 0 Å². The Balaban J connectivity index is 1.56. The second-order valence-corrected chi connectivity index (χ2v) is 9.60. The van der Waals surface area contributed by atoms with Crippen molar-refractivity contribution in [2.45, 2.75) is 64.5 Å². The molecule has 188 valence electrons. The monoisotopic (exact) mass is 496 g/mol. The molecule has 1 fully saturated rings. The molecule has 0 spiro atoms. The van der Waals surface area contributed by atoms with Crippen LogP contribution < -0.4 is 0 Å². The topological polar surface area (TPSA) is 0 Å². The van der Waals surface area contributed by atoms with E-state index in [-0.39, 0.29) is 11.5 Å². The molecule has 0 nitrogen and oxygen atoms in total. The normalized spacial score (nSPS) is 18.9. The highest BCUT2D eigenvalue weighted by Gasteiger charge is 2.40. The fourth-order valence-corrected chi connectivity index (χ4v) is 5.34. The number of aryl methyl sites for hydroxylation is 1. The van der Waals surface area contributed by atoms with Crippen LogP contribution >= 0.6 is 0 Å². The van der Waals surface area contributed by atoms with E-state index in [0.29, 0.717) is 11.3 Å². The van der Waals surface area contributed by atoms with Gasteiger partial charge in [-0.25, -0.2) is 17.6 Å². The lowest BCUT2D eigenvalue weighted by Gasteiger charge is -2.28. The van der Waals surface area contributed by atoms with Crippen LogP contribution in [0.1, 0.15) is 63.0 Å². The average molecular weight is 497 g/mol. The molecule has 0 saturated heterocycles. The molecule has 7 heteroatoms. The van der Waals surface area contributed by atoms with Crippen LogP contribution in [0.3, 0.4) is 0 Å². The Labute approximate surface area is 200 Å². The van der Waals surface area contributed by atoms with E-state index in [9.17, 15) is 26.3 Å². The first-order valence-electron chi connectivity index (χ1n) is 12.1. The summed E-state index contributed by atoms with van der Waals surface area (Å²) in [5, 5.41) is 0.634. The predicted molar refractivity (Wildman–Crippen MR) is 123 cm³/mol. The highest BCUT2D eigenvalue weighted by Crippen LogP contribution is 2.39. The van der Waals surface area contributed by atoms with E-state index in [2.05, 4.69) is 6.92 Å². The smallest absolute Gasteiger partial charge is 0.206 e. The van der Waals surface area contributed by atoms with E-state index in [1.165, 1.54) is 50.7 Å². The molecular weight excluding hydrogens is 469 g/mol. The summed E-state index contributed by atoms with van der Waals surface area (Å²) in [6.45, 7) is 2.22. The Kier molecular flexibility index (Phi) is 7.43. The van der Waals surface area contributed by atoms with Gasteiger partial charge >= 0.3 is 6.18 Å². The lowest BCUT2D eigenvalue weighted by molar-refractivity contribution is -0.142. The molecule has 0 aromatic heterocycles. The summed E-state index contributed by atoms with van der Waals surface area (Å²) >= 11 is 0. The number of hydrogen-bond donors (Lipinski definition) is 0. The van der Waals surface area contributed by atoms with Gasteiger partial charge < -0.3 is 0 Å². The van der Waals surface area contributed by atoms with E-state index in [1.54, 1.807) is 6.07 Å². The van der Waals surface area contributed by atoms with Crippen molar-refractivity contribution in [3.05, 3.63) is 70.8 Å². The third kappa shape index (κ3) is 5.34. The molecule has 35 heavy (non-hydrogen) atoms. The highest BCUT2D eigenvalue weighted by atomic mass is 19.4. The Morgan fingerprint density at radius 2 is 1.40 bits per heavy atom. The van der Waals surface area contributed by atoms with Gasteiger partial charge in [-0.1, -0.05) is 75.8 Å². The third-order valence-electron chi connectivity index (χ3n) is 7.26. The average Bonchev–Trinajstić information content (AvgIpc) is 2.81. The minimum absolute atomic E-state index is 0.103. The molecule has 0 amide bonds. The largest absolute Gasteiger partial charge is 0.422 e. The maximum absolute atomic E-state index is 15.2. The molecule has 1 aliphatic carbocycles. The summed E-state index contributed by atoms with van der Waals surface area (Å²) in [6, 6.07) is 7.93. The van der Waals surface area contributed by atoms with Crippen molar-refractivity contribution in [3.63, 3.8) is 0 Å². The zero-order valence-corrected chi connectivity index (χ0v) is 19.4. The molecule has 0 atom stereocenters. The van der Waals surface area contributed by atoms with Crippen molar-refractivity contribution < 1.29 is 30.7 Å². The molecule has 3 aromatic rings. The van der Waals surface area contributed by atoms with Gasteiger partial charge in [0, 0.05) is 16.5 Å². The van der Waals surface area contributed by atoms with Gasteiger partial charge in [0.25, 0.3) is 0 Å². The number of alkyl halides is 3. The van der Waals surface area contributed by atoms with E-state index in [0.717, 1.165) is 30.4 Å². The molecule has 0 N–H and O–H groups in total. The van der Waals surface area contributed by atoms with Crippen LogP contribution in [-0.2, 0) is 12.6 Å². The number of fused-ring (bicyclic) bond motifs is 1. The second-order valence-electron chi connectivity index (χ2n) is 9.60. The molecule has 0 heterocycles. The maximum Gasteiger partial charge on any atom is 0.422 e. The zero-order chi connectivity index (χ0) is 25.3. The zero-order valence-electron chi connectivity index (χ0n) is 19.4. The first-order chi connectivity index (χ1) is 16.6. The van der Waals surface area contributed by atoms with Gasteiger partial charge in [-0.2, -0.15) is 13.2 Å². The van der Waals surface area contributed by atoms with E-state index in [1.807, 2.05) is 6.07 Å². The molecule has 4 rings (SSSR count). The molecule has 1 aliphatic rings. The number of rotatable bonds is 6. The third-order valence-corrected chi connectivity index (χ3v) is 7.26. The van der Waals surface area contributed by atoms with Crippen molar-refractivity contribution in [3.8, 4) is 11.1 Å². The standard InChI is InChI=1S/C28H27F7/c1-2-3-16-4-6-17(7-5-16)8-9-18-10-12-20-19(14-18)11-13-21(25(20)30)22-15-23(29)24(28(33,34)35)27(32)26(22)31/h10-17H,2-9H2,1H3. The van der Waals surface area contributed by atoms with Crippen LogP contribution in [0.5, 0.6) is 0 Å². The first kappa shape index (κ1) is 25.5. The molecule has 0 radical (unpaired) electrons. The van der Waals surface area contributed by atoms with E-state index < -0.39 is 46.1 Å². The Hall–Kier alpha value is -2.57. The van der Waals surface area contributed by atoms with Crippen molar-refractivity contribution in [1.29, 1.82) is 0 Å². The van der Waals surface area contributed by atoms with Crippen LogP contribution in [0.4, 0.5) is 30.7 Å².